The quantitative estimate of drug-likeness (QED) is 0.870. The predicted molar refractivity (Wildman–Crippen MR) is 72.6 cm³/mol. The lowest BCUT2D eigenvalue weighted by Crippen LogP contribution is -2.27. The Bertz CT molecular complexity index is 456. The van der Waals surface area contributed by atoms with Gasteiger partial charge in [0.1, 0.15) is 5.82 Å². The molecule has 3 nitrogen and oxygen atoms in total. The van der Waals surface area contributed by atoms with Crippen LogP contribution in [0.1, 0.15) is 62.3 Å². The van der Waals surface area contributed by atoms with Gasteiger partial charge in [0.15, 0.2) is 0 Å². The highest BCUT2D eigenvalue weighted by molar-refractivity contribution is 5.33. The van der Waals surface area contributed by atoms with E-state index in [1.54, 1.807) is 0 Å². The van der Waals surface area contributed by atoms with Crippen LogP contribution in [0.2, 0.25) is 0 Å². The number of hydrogen-bond donors (Lipinski definition) is 1. The van der Waals surface area contributed by atoms with Crippen LogP contribution in [0.4, 0.5) is 0 Å². The molecule has 0 bridgehead atoms. The maximum Gasteiger partial charge on any atom is 0.129 e. The number of nitrogens with zero attached hydrogens (tertiary/aromatic N) is 2. The molecule has 1 N–H and O–H groups in total. The molecule has 1 saturated carbocycles. The van der Waals surface area contributed by atoms with Gasteiger partial charge >= 0.3 is 0 Å². The topological polar surface area (TPSA) is 37.8 Å². The molecule has 1 aliphatic heterocycles. The molecule has 3 heteroatoms. The standard InChI is InChI=1S/C15H23N3/c1-15(2,3)8-13-17-12-6-7-16-9-11(12)14(18-13)10-4-5-10/h10,16H,4-9H2,1-3H3. The summed E-state index contributed by atoms with van der Waals surface area (Å²) in [5.74, 6) is 1.78. The van der Waals surface area contributed by atoms with Crippen molar-refractivity contribution in [2.75, 3.05) is 6.54 Å². The molecule has 0 amide bonds. The first-order valence-corrected chi connectivity index (χ1v) is 7.12. The molecule has 0 unspecified atom stereocenters. The van der Waals surface area contributed by atoms with Crippen LogP contribution < -0.4 is 5.32 Å². The van der Waals surface area contributed by atoms with E-state index in [1.807, 2.05) is 0 Å². The van der Waals surface area contributed by atoms with Crippen molar-refractivity contribution in [3.8, 4) is 0 Å². The lowest BCUT2D eigenvalue weighted by molar-refractivity contribution is 0.398. The second kappa shape index (κ2) is 4.30. The normalized spacial score (nSPS) is 19.7. The molecule has 1 aromatic rings. The van der Waals surface area contributed by atoms with Crippen LogP contribution in [-0.2, 0) is 19.4 Å². The zero-order valence-corrected chi connectivity index (χ0v) is 11.7. The number of rotatable bonds is 2. The maximum atomic E-state index is 4.88. The van der Waals surface area contributed by atoms with Crippen molar-refractivity contribution in [2.24, 2.45) is 5.41 Å². The highest BCUT2D eigenvalue weighted by Crippen LogP contribution is 2.41. The van der Waals surface area contributed by atoms with Gasteiger partial charge in [-0.25, -0.2) is 9.97 Å². The van der Waals surface area contributed by atoms with Gasteiger partial charge in [0.2, 0.25) is 0 Å². The molecule has 0 saturated heterocycles. The molecule has 1 aromatic heterocycles. The summed E-state index contributed by atoms with van der Waals surface area (Å²) in [5, 5.41) is 3.45. The van der Waals surface area contributed by atoms with Crippen LogP contribution in [0.3, 0.4) is 0 Å². The second-order valence-corrected chi connectivity index (χ2v) is 6.89. The van der Waals surface area contributed by atoms with E-state index in [4.69, 9.17) is 9.97 Å². The Kier molecular flexibility index (Phi) is 2.89. The summed E-state index contributed by atoms with van der Waals surface area (Å²) < 4.78 is 0. The zero-order valence-electron chi connectivity index (χ0n) is 11.7. The largest absolute Gasteiger partial charge is 0.312 e. The van der Waals surface area contributed by atoms with E-state index in [0.717, 1.165) is 37.7 Å². The molecule has 0 atom stereocenters. The van der Waals surface area contributed by atoms with E-state index in [1.165, 1.54) is 29.8 Å². The smallest absolute Gasteiger partial charge is 0.129 e. The van der Waals surface area contributed by atoms with Crippen LogP contribution in [-0.4, -0.2) is 16.5 Å². The van der Waals surface area contributed by atoms with Crippen LogP contribution in [0.5, 0.6) is 0 Å². The summed E-state index contributed by atoms with van der Waals surface area (Å²) in [6.45, 7) is 8.80. The van der Waals surface area contributed by atoms with Crippen molar-refractivity contribution in [1.82, 2.24) is 15.3 Å². The Morgan fingerprint density at radius 3 is 2.67 bits per heavy atom. The van der Waals surface area contributed by atoms with Gasteiger partial charge in [-0.2, -0.15) is 0 Å². The molecular weight excluding hydrogens is 222 g/mol. The first-order chi connectivity index (χ1) is 8.53. The van der Waals surface area contributed by atoms with Crippen molar-refractivity contribution in [3.63, 3.8) is 0 Å². The van der Waals surface area contributed by atoms with Crippen molar-refractivity contribution in [2.45, 2.75) is 58.9 Å². The molecular formula is C15H23N3. The van der Waals surface area contributed by atoms with Gasteiger partial charge in [-0.05, 0) is 18.3 Å². The summed E-state index contributed by atoms with van der Waals surface area (Å²) in [5.41, 5.74) is 4.33. The molecule has 0 spiro atoms. The first-order valence-electron chi connectivity index (χ1n) is 7.12. The highest BCUT2D eigenvalue weighted by Gasteiger charge is 2.31. The van der Waals surface area contributed by atoms with Crippen molar-refractivity contribution < 1.29 is 0 Å². The van der Waals surface area contributed by atoms with E-state index in [2.05, 4.69) is 26.1 Å². The summed E-state index contributed by atoms with van der Waals surface area (Å²) in [6, 6.07) is 0. The number of nitrogens with one attached hydrogen (secondary N) is 1. The molecule has 1 aliphatic carbocycles. The monoisotopic (exact) mass is 245 g/mol. The Balaban J connectivity index is 1.98. The van der Waals surface area contributed by atoms with Gasteiger partial charge in [-0.1, -0.05) is 20.8 Å². The van der Waals surface area contributed by atoms with E-state index < -0.39 is 0 Å². The molecule has 0 aromatic carbocycles. The molecule has 2 heterocycles. The Hall–Kier alpha value is -0.960. The molecule has 1 fully saturated rings. The van der Waals surface area contributed by atoms with Gasteiger partial charge in [-0.15, -0.1) is 0 Å². The molecule has 3 rings (SSSR count). The van der Waals surface area contributed by atoms with Crippen LogP contribution >= 0.6 is 0 Å². The van der Waals surface area contributed by atoms with E-state index in [9.17, 15) is 0 Å². The van der Waals surface area contributed by atoms with Gasteiger partial charge in [0.25, 0.3) is 0 Å². The van der Waals surface area contributed by atoms with Gasteiger partial charge < -0.3 is 5.32 Å². The Labute approximate surface area is 109 Å². The zero-order chi connectivity index (χ0) is 12.8. The average Bonchev–Trinajstić information content (AvgIpc) is 3.09. The minimum Gasteiger partial charge on any atom is -0.312 e. The lowest BCUT2D eigenvalue weighted by Gasteiger charge is -2.22. The second-order valence-electron chi connectivity index (χ2n) is 6.89. The van der Waals surface area contributed by atoms with Gasteiger partial charge in [-0.3, -0.25) is 0 Å². The first kappa shape index (κ1) is 12.1. The minimum atomic E-state index is 0.266. The fraction of sp³-hybridized carbons (Fsp3) is 0.733. The Morgan fingerprint density at radius 2 is 2.00 bits per heavy atom. The maximum absolute atomic E-state index is 4.88. The van der Waals surface area contributed by atoms with E-state index in [-0.39, 0.29) is 5.41 Å². The number of hydrogen-bond acceptors (Lipinski definition) is 3. The third-order valence-corrected chi connectivity index (χ3v) is 3.66. The summed E-state index contributed by atoms with van der Waals surface area (Å²) in [6.07, 6.45) is 4.68. The molecule has 98 valence electrons. The summed E-state index contributed by atoms with van der Waals surface area (Å²) in [4.78, 5) is 9.70. The van der Waals surface area contributed by atoms with Crippen molar-refractivity contribution in [3.05, 3.63) is 22.8 Å². The fourth-order valence-electron chi connectivity index (χ4n) is 2.67. The minimum absolute atomic E-state index is 0.266. The third-order valence-electron chi connectivity index (χ3n) is 3.66. The molecule has 0 radical (unpaired) electrons. The summed E-state index contributed by atoms with van der Waals surface area (Å²) >= 11 is 0. The average molecular weight is 245 g/mol. The molecule has 2 aliphatic rings. The Morgan fingerprint density at radius 1 is 1.22 bits per heavy atom. The van der Waals surface area contributed by atoms with Crippen LogP contribution in [0.25, 0.3) is 0 Å². The van der Waals surface area contributed by atoms with Crippen LogP contribution in [0, 0.1) is 5.41 Å². The van der Waals surface area contributed by atoms with Gasteiger partial charge in [0.05, 0.1) is 11.4 Å². The van der Waals surface area contributed by atoms with E-state index >= 15 is 0 Å². The van der Waals surface area contributed by atoms with Crippen molar-refractivity contribution in [1.29, 1.82) is 0 Å². The van der Waals surface area contributed by atoms with Crippen LogP contribution in [0.15, 0.2) is 0 Å². The number of aromatic nitrogens is 2. The number of fused-ring (bicyclic) bond motifs is 1. The highest BCUT2D eigenvalue weighted by atomic mass is 15.0. The molecule has 18 heavy (non-hydrogen) atoms. The van der Waals surface area contributed by atoms with Crippen molar-refractivity contribution >= 4 is 0 Å². The van der Waals surface area contributed by atoms with Gasteiger partial charge in [0, 0.05) is 37.4 Å². The summed E-state index contributed by atoms with van der Waals surface area (Å²) in [7, 11) is 0. The fourth-order valence-corrected chi connectivity index (χ4v) is 2.67. The predicted octanol–water partition coefficient (Wildman–Crippen LogP) is 2.59. The van der Waals surface area contributed by atoms with E-state index in [0.29, 0.717) is 0 Å². The lowest BCUT2D eigenvalue weighted by atomic mass is 9.91. The SMILES string of the molecule is CC(C)(C)Cc1nc2c(c(C3CC3)n1)CNCC2. The third kappa shape index (κ3) is 2.56.